The molecule has 3 rings (SSSR count). The van der Waals surface area contributed by atoms with Gasteiger partial charge >= 0.3 is 0 Å². The molecule has 122 valence electrons. The third kappa shape index (κ3) is 1.99. The van der Waals surface area contributed by atoms with Crippen LogP contribution in [0.25, 0.3) is 0 Å². The Labute approximate surface area is 129 Å². The van der Waals surface area contributed by atoms with E-state index in [1.807, 2.05) is 0 Å². The minimum Gasteiger partial charge on any atom is -0.371 e. The number of aryl methyl sites for hydroxylation is 2. The predicted octanol–water partition coefficient (Wildman–Crippen LogP) is -0.232. The Hall–Kier alpha value is -1.45. The molecule has 0 bridgehead atoms. The molecule has 2 fully saturated rings. The van der Waals surface area contributed by atoms with Crippen LogP contribution in [0.3, 0.4) is 0 Å². The summed E-state index contributed by atoms with van der Waals surface area (Å²) in [4.78, 5) is 13.8. The average molecular weight is 329 g/mol. The molecule has 0 aliphatic carbocycles. The summed E-state index contributed by atoms with van der Waals surface area (Å²) in [5.74, 6) is 0.0342. The standard InChI is InChI=1S/C13H19N3O5S/c1-7-12(8(2)21-14-7)22(18,19)16-5-9-10(6-16)15(3)13(17)11(9)20-4/h9-11H,5-6H2,1-4H3/t9-,10+,11-/m0/s1. The molecule has 22 heavy (non-hydrogen) atoms. The number of aromatic nitrogens is 1. The summed E-state index contributed by atoms with van der Waals surface area (Å²) < 4.78 is 37.3. The Morgan fingerprint density at radius 1 is 1.32 bits per heavy atom. The maximum atomic E-state index is 12.8. The first kappa shape index (κ1) is 15.4. The molecule has 0 radical (unpaired) electrons. The highest BCUT2D eigenvalue weighted by Gasteiger charge is 2.54. The molecular weight excluding hydrogens is 310 g/mol. The fourth-order valence-corrected chi connectivity index (χ4v) is 5.26. The average Bonchev–Trinajstić information content (AvgIpc) is 3.08. The smallest absolute Gasteiger partial charge is 0.252 e. The van der Waals surface area contributed by atoms with Crippen LogP contribution < -0.4 is 0 Å². The second-order valence-electron chi connectivity index (χ2n) is 5.81. The minimum atomic E-state index is -3.69. The van der Waals surface area contributed by atoms with E-state index in [0.717, 1.165) is 0 Å². The fraction of sp³-hybridized carbons (Fsp3) is 0.692. The first-order valence-electron chi connectivity index (χ1n) is 7.01. The summed E-state index contributed by atoms with van der Waals surface area (Å²) in [6, 6.07) is -0.160. The van der Waals surface area contributed by atoms with Crippen molar-refractivity contribution in [3.63, 3.8) is 0 Å². The number of fused-ring (bicyclic) bond motifs is 1. The largest absolute Gasteiger partial charge is 0.371 e. The van der Waals surface area contributed by atoms with Crippen molar-refractivity contribution in [3.05, 3.63) is 11.5 Å². The van der Waals surface area contributed by atoms with Crippen molar-refractivity contribution in [2.75, 3.05) is 27.2 Å². The number of nitrogens with zero attached hydrogens (tertiary/aromatic N) is 3. The monoisotopic (exact) mass is 329 g/mol. The molecule has 9 heteroatoms. The van der Waals surface area contributed by atoms with Gasteiger partial charge in [-0.3, -0.25) is 4.79 Å². The summed E-state index contributed by atoms with van der Waals surface area (Å²) in [7, 11) is -0.526. The van der Waals surface area contributed by atoms with Gasteiger partial charge in [0.25, 0.3) is 5.91 Å². The van der Waals surface area contributed by atoms with Crippen LogP contribution in [0, 0.1) is 19.8 Å². The normalized spacial score (nSPS) is 29.4. The second-order valence-corrected chi connectivity index (χ2v) is 7.69. The molecule has 2 saturated heterocycles. The van der Waals surface area contributed by atoms with Gasteiger partial charge in [0.15, 0.2) is 5.76 Å². The lowest BCUT2D eigenvalue weighted by atomic mass is 10.0. The van der Waals surface area contributed by atoms with Gasteiger partial charge < -0.3 is 14.2 Å². The van der Waals surface area contributed by atoms with E-state index in [4.69, 9.17) is 9.26 Å². The molecule has 1 aromatic rings. The molecule has 0 unspecified atom stereocenters. The van der Waals surface area contributed by atoms with Crippen molar-refractivity contribution in [2.24, 2.45) is 5.92 Å². The Kier molecular flexibility index (Phi) is 3.54. The van der Waals surface area contributed by atoms with Gasteiger partial charge in [0, 0.05) is 33.2 Å². The van der Waals surface area contributed by atoms with Gasteiger partial charge in [-0.15, -0.1) is 0 Å². The molecule has 3 atom stereocenters. The number of carbonyl (C=O) groups is 1. The van der Waals surface area contributed by atoms with E-state index >= 15 is 0 Å². The molecule has 1 aromatic heterocycles. The van der Waals surface area contributed by atoms with Gasteiger partial charge in [0.05, 0.1) is 6.04 Å². The summed E-state index contributed by atoms with van der Waals surface area (Å²) in [5, 5.41) is 3.71. The molecule has 2 aliphatic heterocycles. The molecule has 2 aliphatic rings. The maximum absolute atomic E-state index is 12.8. The summed E-state index contributed by atoms with van der Waals surface area (Å²) in [5.41, 5.74) is 0.349. The number of sulfonamides is 1. The quantitative estimate of drug-likeness (QED) is 0.760. The van der Waals surface area contributed by atoms with Crippen molar-refractivity contribution in [1.29, 1.82) is 0 Å². The topological polar surface area (TPSA) is 93.0 Å². The van der Waals surface area contributed by atoms with Crippen molar-refractivity contribution >= 4 is 15.9 Å². The van der Waals surface area contributed by atoms with Crippen molar-refractivity contribution in [1.82, 2.24) is 14.4 Å². The molecule has 1 amide bonds. The van der Waals surface area contributed by atoms with E-state index in [-0.39, 0.29) is 41.6 Å². The van der Waals surface area contributed by atoms with Crippen LogP contribution in [0.1, 0.15) is 11.5 Å². The van der Waals surface area contributed by atoms with Crippen molar-refractivity contribution < 1.29 is 22.5 Å². The number of likely N-dealkylation sites (tertiary alicyclic amines) is 1. The van der Waals surface area contributed by atoms with E-state index < -0.39 is 16.1 Å². The third-order valence-electron chi connectivity index (χ3n) is 4.60. The van der Waals surface area contributed by atoms with E-state index in [1.165, 1.54) is 11.4 Å². The molecule has 0 spiro atoms. The zero-order valence-electron chi connectivity index (χ0n) is 12.9. The van der Waals surface area contributed by atoms with Gasteiger partial charge in [-0.2, -0.15) is 4.31 Å². The van der Waals surface area contributed by atoms with E-state index in [9.17, 15) is 13.2 Å². The fourth-order valence-electron chi connectivity index (χ4n) is 3.47. The maximum Gasteiger partial charge on any atom is 0.252 e. The van der Waals surface area contributed by atoms with Crippen LogP contribution in [0.15, 0.2) is 9.42 Å². The summed E-state index contributed by atoms with van der Waals surface area (Å²) in [6.45, 7) is 3.70. The van der Waals surface area contributed by atoms with Crippen LogP contribution in [0.5, 0.6) is 0 Å². The zero-order chi connectivity index (χ0) is 16.2. The van der Waals surface area contributed by atoms with Crippen LogP contribution in [0.2, 0.25) is 0 Å². The van der Waals surface area contributed by atoms with Crippen LogP contribution in [0.4, 0.5) is 0 Å². The highest BCUT2D eigenvalue weighted by atomic mass is 32.2. The van der Waals surface area contributed by atoms with Gasteiger partial charge in [-0.25, -0.2) is 8.42 Å². The molecule has 0 aromatic carbocycles. The lowest BCUT2D eigenvalue weighted by Crippen LogP contribution is -2.39. The molecule has 0 saturated carbocycles. The number of amides is 1. The van der Waals surface area contributed by atoms with Crippen molar-refractivity contribution in [2.45, 2.75) is 30.9 Å². The van der Waals surface area contributed by atoms with Crippen LogP contribution >= 0.6 is 0 Å². The highest BCUT2D eigenvalue weighted by molar-refractivity contribution is 7.89. The number of rotatable bonds is 3. The van der Waals surface area contributed by atoms with Gasteiger partial charge in [0.2, 0.25) is 10.0 Å². The number of ether oxygens (including phenoxy) is 1. The first-order valence-corrected chi connectivity index (χ1v) is 8.45. The Morgan fingerprint density at radius 3 is 2.55 bits per heavy atom. The SMILES string of the molecule is CO[C@@H]1C(=O)N(C)[C@@H]2CN(S(=O)(=O)c3c(C)noc3C)C[C@H]12. The van der Waals surface area contributed by atoms with Crippen LogP contribution in [-0.2, 0) is 19.6 Å². The first-order chi connectivity index (χ1) is 10.3. The number of methoxy groups -OCH3 is 1. The highest BCUT2D eigenvalue weighted by Crippen LogP contribution is 2.36. The van der Waals surface area contributed by atoms with Gasteiger partial charge in [-0.1, -0.05) is 5.16 Å². The lowest BCUT2D eigenvalue weighted by Gasteiger charge is -2.21. The zero-order valence-corrected chi connectivity index (χ0v) is 13.8. The molecule has 8 nitrogen and oxygen atoms in total. The lowest BCUT2D eigenvalue weighted by molar-refractivity contribution is -0.136. The van der Waals surface area contributed by atoms with E-state index in [0.29, 0.717) is 5.69 Å². The molecular formula is C13H19N3O5S. The Balaban J connectivity index is 1.92. The number of hydrogen-bond donors (Lipinski definition) is 0. The molecule has 0 N–H and O–H groups in total. The Morgan fingerprint density at radius 2 is 2.00 bits per heavy atom. The van der Waals surface area contributed by atoms with Gasteiger partial charge in [0.1, 0.15) is 16.7 Å². The van der Waals surface area contributed by atoms with Crippen LogP contribution in [-0.4, -0.2) is 68.1 Å². The van der Waals surface area contributed by atoms with E-state index in [1.54, 1.807) is 25.8 Å². The summed E-state index contributed by atoms with van der Waals surface area (Å²) in [6.07, 6.45) is -0.583. The number of likely N-dealkylation sites (N-methyl/N-ethyl adjacent to an activating group) is 1. The third-order valence-corrected chi connectivity index (χ3v) is 6.67. The van der Waals surface area contributed by atoms with Gasteiger partial charge in [-0.05, 0) is 13.8 Å². The summed E-state index contributed by atoms with van der Waals surface area (Å²) >= 11 is 0. The predicted molar refractivity (Wildman–Crippen MR) is 75.6 cm³/mol. The van der Waals surface area contributed by atoms with E-state index in [2.05, 4.69) is 5.16 Å². The minimum absolute atomic E-state index is 0.0908. The second kappa shape index (κ2) is 5.04. The van der Waals surface area contributed by atoms with Crippen molar-refractivity contribution in [3.8, 4) is 0 Å². The number of hydrogen-bond acceptors (Lipinski definition) is 6. The number of carbonyl (C=O) groups excluding carboxylic acids is 1. The Bertz CT molecular complexity index is 694. The molecule has 3 heterocycles.